The molecule has 0 aliphatic carbocycles. The van der Waals surface area contributed by atoms with Gasteiger partial charge in [-0.25, -0.2) is 0 Å². The fourth-order valence-corrected chi connectivity index (χ4v) is 6.67. The van der Waals surface area contributed by atoms with Crippen molar-refractivity contribution in [2.75, 3.05) is 14.2 Å². The molecule has 5 heterocycles. The van der Waals surface area contributed by atoms with E-state index >= 15 is 0 Å². The van der Waals surface area contributed by atoms with Gasteiger partial charge in [0.25, 0.3) is 0 Å². The molecule has 0 saturated carbocycles. The fourth-order valence-electron chi connectivity index (χ4n) is 6.67. The number of methoxy groups -OCH3 is 2. The summed E-state index contributed by atoms with van der Waals surface area (Å²) in [7, 11) is 2.77. The minimum atomic E-state index is -0.741. The first kappa shape index (κ1) is 32.8. The van der Waals surface area contributed by atoms with Crippen LogP contribution >= 0.6 is 0 Å². The van der Waals surface area contributed by atoms with Crippen LogP contribution in [0.25, 0.3) is 24.3 Å². The number of H-pyrrole nitrogens is 4. The summed E-state index contributed by atoms with van der Waals surface area (Å²) in [4.78, 5) is 38.6. The van der Waals surface area contributed by atoms with Gasteiger partial charge in [0.05, 0.1) is 26.4 Å². The summed E-state index contributed by atoms with van der Waals surface area (Å²) in [5.74, 6) is -0.589. The van der Waals surface area contributed by atoms with Crippen molar-refractivity contribution in [1.82, 2.24) is 19.9 Å². The molecule has 1 aliphatic rings. The summed E-state index contributed by atoms with van der Waals surface area (Å²) in [5.41, 5.74) is 10.6. The summed E-state index contributed by atoms with van der Waals surface area (Å²) in [6.45, 7) is 11.5. The van der Waals surface area contributed by atoms with Gasteiger partial charge in [0.15, 0.2) is 0 Å². The Labute approximate surface area is 267 Å². The molecule has 0 fully saturated rings. The molecule has 46 heavy (non-hydrogen) atoms. The molecule has 244 valence electrons. The molecule has 0 saturated heterocycles. The maximum absolute atomic E-state index is 12.2. The van der Waals surface area contributed by atoms with Gasteiger partial charge in [-0.1, -0.05) is 0 Å². The van der Waals surface area contributed by atoms with Crippen LogP contribution < -0.4 is 21.4 Å². The Hall–Kier alpha value is -4.54. The normalized spacial score (nSPS) is 13.6. The molecule has 4 aromatic rings. The van der Waals surface area contributed by atoms with Crippen LogP contribution in [0, 0.1) is 27.7 Å². The van der Waals surface area contributed by atoms with Crippen LogP contribution in [-0.4, -0.2) is 56.3 Å². The largest absolute Gasteiger partial charge is 0.469 e. The minimum Gasteiger partial charge on any atom is -0.469 e. The van der Waals surface area contributed by atoms with E-state index in [0.29, 0.717) is 12.8 Å². The van der Waals surface area contributed by atoms with Crippen molar-refractivity contribution in [2.45, 2.75) is 79.4 Å². The van der Waals surface area contributed by atoms with Crippen molar-refractivity contribution < 1.29 is 29.3 Å². The molecule has 6 N–H and O–H groups in total. The molecular weight excluding hydrogens is 584 g/mol. The standard InChI is InChI=1S/C36H44N4O6/c1-17-23(9-11-33(43)45-7)29-16-30-24(10-12-34(44)46-8)18(2)26(38-30)14-31-36(22(6)42)20(4)28(40-31)15-32-35(21(5)41)19(3)27(39-32)13-25(17)37-29/h13-16,21-22,37-42H,9-12H2,1-8H3/t21-,22-/m0/s1. The van der Waals surface area contributed by atoms with Gasteiger partial charge >= 0.3 is 11.9 Å². The number of nitrogens with one attached hydrogen (secondary N) is 4. The van der Waals surface area contributed by atoms with E-state index in [1.54, 1.807) is 13.8 Å². The van der Waals surface area contributed by atoms with Gasteiger partial charge in [0.1, 0.15) is 0 Å². The SMILES string of the molecule is COC(=O)CCc1c2[nH]c(c1C)C=c1[nH]c(c(C)c1[C@H](C)O)=Cc1[nH]c(c(C)c1[C@H](C)O)C=c1[nH]c(c(CCC(=O)OC)c1C)=C2. The molecule has 0 spiro atoms. The lowest BCUT2D eigenvalue weighted by atomic mass is 10.0. The Kier molecular flexibility index (Phi) is 9.32. The van der Waals surface area contributed by atoms with Crippen LogP contribution in [0.4, 0.5) is 0 Å². The number of hydrogen-bond acceptors (Lipinski definition) is 6. The highest BCUT2D eigenvalue weighted by atomic mass is 16.5. The lowest BCUT2D eigenvalue weighted by Gasteiger charge is -2.05. The van der Waals surface area contributed by atoms with Gasteiger partial charge in [0.2, 0.25) is 0 Å². The first-order chi connectivity index (χ1) is 21.8. The Morgan fingerprint density at radius 2 is 1.07 bits per heavy atom. The number of rotatable bonds is 8. The number of fused-ring (bicyclic) bond motifs is 8. The van der Waals surface area contributed by atoms with E-state index in [4.69, 9.17) is 9.47 Å². The fraction of sp³-hybridized carbons (Fsp3) is 0.389. The molecule has 5 rings (SSSR count). The molecule has 0 unspecified atom stereocenters. The molecule has 10 heteroatoms. The van der Waals surface area contributed by atoms with Gasteiger partial charge in [-0.2, -0.15) is 0 Å². The second-order valence-electron chi connectivity index (χ2n) is 12.2. The van der Waals surface area contributed by atoms with Crippen LogP contribution in [0.3, 0.4) is 0 Å². The third-order valence-electron chi connectivity index (χ3n) is 9.24. The summed E-state index contributed by atoms with van der Waals surface area (Å²) in [6.07, 6.45) is 7.93. The van der Waals surface area contributed by atoms with E-state index in [1.165, 1.54) is 14.2 Å². The smallest absolute Gasteiger partial charge is 0.305 e. The van der Waals surface area contributed by atoms with Crippen molar-refractivity contribution in [3.8, 4) is 0 Å². The average molecular weight is 629 g/mol. The van der Waals surface area contributed by atoms with E-state index in [9.17, 15) is 19.8 Å². The summed E-state index contributed by atoms with van der Waals surface area (Å²) < 4.78 is 9.89. The Morgan fingerprint density at radius 1 is 0.587 bits per heavy atom. The molecule has 8 bridgehead atoms. The first-order valence-corrected chi connectivity index (χ1v) is 15.6. The van der Waals surface area contributed by atoms with Gasteiger partial charge in [-0.05, 0) is 112 Å². The maximum atomic E-state index is 12.2. The van der Waals surface area contributed by atoms with Gasteiger partial charge in [-0.15, -0.1) is 0 Å². The topological polar surface area (TPSA) is 156 Å². The van der Waals surface area contributed by atoms with Gasteiger partial charge in [-0.3, -0.25) is 9.59 Å². The number of hydrogen-bond donors (Lipinski definition) is 6. The number of aliphatic hydroxyl groups is 2. The van der Waals surface area contributed by atoms with Crippen molar-refractivity contribution in [3.05, 3.63) is 88.7 Å². The van der Waals surface area contributed by atoms with Crippen molar-refractivity contribution in [1.29, 1.82) is 0 Å². The molecule has 0 radical (unpaired) electrons. The summed E-state index contributed by atoms with van der Waals surface area (Å²) in [6, 6.07) is 0. The zero-order chi connectivity index (χ0) is 33.4. The monoisotopic (exact) mass is 628 g/mol. The van der Waals surface area contributed by atoms with Crippen LogP contribution in [0.5, 0.6) is 0 Å². The first-order valence-electron chi connectivity index (χ1n) is 15.6. The minimum absolute atomic E-state index is 0.215. The molecule has 0 aromatic carbocycles. The average Bonchev–Trinajstić information content (AvgIpc) is 3.67. The van der Waals surface area contributed by atoms with Crippen molar-refractivity contribution in [3.63, 3.8) is 0 Å². The highest BCUT2D eigenvalue weighted by Crippen LogP contribution is 2.27. The van der Waals surface area contributed by atoms with Gasteiger partial charge in [0, 0.05) is 68.1 Å². The van der Waals surface area contributed by atoms with Crippen LogP contribution in [0.1, 0.15) is 106 Å². The number of carbonyl (C=O) groups excluding carboxylic acids is 2. The number of aromatic amines is 4. The van der Waals surface area contributed by atoms with E-state index in [-0.39, 0.29) is 24.8 Å². The molecule has 4 aromatic heterocycles. The zero-order valence-electron chi connectivity index (χ0n) is 27.8. The van der Waals surface area contributed by atoms with Crippen molar-refractivity contribution in [2.24, 2.45) is 0 Å². The molecular formula is C36H44N4O6. The Morgan fingerprint density at radius 3 is 1.67 bits per heavy atom. The summed E-state index contributed by atoms with van der Waals surface area (Å²) >= 11 is 0. The molecule has 1 aliphatic heterocycles. The van der Waals surface area contributed by atoms with Crippen LogP contribution in [0.2, 0.25) is 0 Å². The molecule has 10 nitrogen and oxygen atoms in total. The quantitative estimate of drug-likeness (QED) is 0.145. The third kappa shape index (κ3) is 6.15. The van der Waals surface area contributed by atoms with E-state index in [2.05, 4.69) is 19.9 Å². The van der Waals surface area contributed by atoms with Crippen molar-refractivity contribution >= 4 is 36.2 Å². The summed E-state index contributed by atoms with van der Waals surface area (Å²) in [5, 5.41) is 25.0. The van der Waals surface area contributed by atoms with E-state index in [0.717, 1.165) is 88.7 Å². The number of ether oxygens (including phenoxy) is 2. The number of aromatic nitrogens is 4. The highest BCUT2D eigenvalue weighted by molar-refractivity contribution is 5.71. The van der Waals surface area contributed by atoms with E-state index < -0.39 is 12.2 Å². The van der Waals surface area contributed by atoms with E-state index in [1.807, 2.05) is 52.0 Å². The highest BCUT2D eigenvalue weighted by Gasteiger charge is 2.20. The predicted octanol–water partition coefficient (Wildman–Crippen LogP) is 2.18. The zero-order valence-corrected chi connectivity index (χ0v) is 27.8. The number of carbonyl (C=O) groups is 2. The number of esters is 2. The second-order valence-corrected chi connectivity index (χ2v) is 12.2. The number of aliphatic hydroxyl groups excluding tert-OH is 2. The lowest BCUT2D eigenvalue weighted by molar-refractivity contribution is -0.141. The molecule has 0 amide bonds. The Bertz CT molecular complexity index is 2070. The lowest BCUT2D eigenvalue weighted by Crippen LogP contribution is -2.14. The van der Waals surface area contributed by atoms with Gasteiger partial charge < -0.3 is 39.6 Å². The van der Waals surface area contributed by atoms with Crippen LogP contribution in [0.15, 0.2) is 0 Å². The van der Waals surface area contributed by atoms with Crippen LogP contribution in [-0.2, 0) is 31.9 Å². The Balaban J connectivity index is 1.90. The second kappa shape index (κ2) is 13.1. The maximum Gasteiger partial charge on any atom is 0.305 e. The third-order valence-corrected chi connectivity index (χ3v) is 9.24. The predicted molar refractivity (Wildman–Crippen MR) is 177 cm³/mol. The molecule has 2 atom stereocenters.